The number of nitrogens with zero attached hydrogens (tertiary/aromatic N) is 4. The smallest absolute Gasteiger partial charge is 0.164 e. The Morgan fingerprint density at radius 1 is 0.310 bits per heavy atom. The summed E-state index contributed by atoms with van der Waals surface area (Å²) in [6.07, 6.45) is 2.30. The van der Waals surface area contributed by atoms with Gasteiger partial charge in [-0.1, -0.05) is 152 Å². The van der Waals surface area contributed by atoms with Gasteiger partial charge in [-0.3, -0.25) is 0 Å². The molecule has 0 atom stereocenters. The first-order valence-electron chi connectivity index (χ1n) is 19.7. The van der Waals surface area contributed by atoms with E-state index in [2.05, 4.69) is 169 Å². The van der Waals surface area contributed by atoms with Gasteiger partial charge in [0.05, 0.1) is 11.0 Å². The van der Waals surface area contributed by atoms with Crippen LogP contribution in [0.4, 0.5) is 0 Å². The van der Waals surface area contributed by atoms with Crippen LogP contribution in [0.5, 0.6) is 0 Å². The van der Waals surface area contributed by atoms with Crippen LogP contribution in [0, 0.1) is 6.42 Å². The van der Waals surface area contributed by atoms with Crippen LogP contribution in [0.1, 0.15) is 11.1 Å². The Labute approximate surface area is 335 Å². The van der Waals surface area contributed by atoms with E-state index in [1.165, 1.54) is 71.3 Å². The molecule has 58 heavy (non-hydrogen) atoms. The largest absolute Gasteiger partial charge is 0.309 e. The minimum Gasteiger partial charge on any atom is -0.309 e. The third kappa shape index (κ3) is 5.26. The van der Waals surface area contributed by atoms with E-state index in [1.54, 1.807) is 0 Å². The summed E-state index contributed by atoms with van der Waals surface area (Å²) in [7, 11) is 0. The lowest BCUT2D eigenvalue weighted by Gasteiger charge is -2.13. The van der Waals surface area contributed by atoms with E-state index < -0.39 is 0 Å². The average molecular weight is 738 g/mol. The maximum Gasteiger partial charge on any atom is 0.164 e. The number of para-hydroxylation sites is 2. The van der Waals surface area contributed by atoms with Crippen LogP contribution in [-0.2, 0) is 0 Å². The van der Waals surface area contributed by atoms with Gasteiger partial charge in [-0.15, -0.1) is 0 Å². The summed E-state index contributed by atoms with van der Waals surface area (Å²) in [5, 5.41) is 7.31. The molecule has 1 aliphatic rings. The highest BCUT2D eigenvalue weighted by atomic mass is 15.0. The Balaban J connectivity index is 1.01. The Kier molecular flexibility index (Phi) is 7.26. The van der Waals surface area contributed by atoms with Crippen LogP contribution in [0.2, 0.25) is 0 Å². The van der Waals surface area contributed by atoms with Gasteiger partial charge in [-0.25, -0.2) is 15.0 Å². The van der Waals surface area contributed by atoms with Gasteiger partial charge >= 0.3 is 0 Å². The Bertz CT molecular complexity index is 3350. The van der Waals surface area contributed by atoms with E-state index in [0.29, 0.717) is 17.5 Å². The first kappa shape index (κ1) is 32.5. The molecule has 0 amide bonds. The van der Waals surface area contributed by atoms with Crippen LogP contribution < -0.4 is 0 Å². The molecular formula is C54H33N4. The van der Waals surface area contributed by atoms with Crippen LogP contribution in [0.25, 0.3) is 105 Å². The van der Waals surface area contributed by atoms with E-state index in [4.69, 9.17) is 15.0 Å². The molecule has 11 aromatic rings. The summed E-state index contributed by atoms with van der Waals surface area (Å²) in [5.41, 5.74) is 13.8. The monoisotopic (exact) mass is 737 g/mol. The molecule has 1 radical (unpaired) electrons. The van der Waals surface area contributed by atoms with Crippen molar-refractivity contribution in [2.75, 3.05) is 0 Å². The lowest BCUT2D eigenvalue weighted by atomic mass is 9.93. The normalized spacial score (nSPS) is 12.1. The minimum absolute atomic E-state index is 0.657. The molecule has 0 fully saturated rings. The zero-order chi connectivity index (χ0) is 38.2. The summed E-state index contributed by atoms with van der Waals surface area (Å²) in [5.74, 6) is 1.98. The van der Waals surface area contributed by atoms with E-state index >= 15 is 0 Å². The lowest BCUT2D eigenvalue weighted by molar-refractivity contribution is 1.08. The summed E-state index contributed by atoms with van der Waals surface area (Å²) >= 11 is 0. The molecule has 0 saturated carbocycles. The number of fused-ring (bicyclic) bond motifs is 9. The topological polar surface area (TPSA) is 43.6 Å². The van der Waals surface area contributed by atoms with E-state index in [0.717, 1.165) is 27.8 Å². The molecule has 2 aromatic heterocycles. The standard InChI is InChI=1S/C54H33N4/c1-4-14-34(15-5-1)52-55-53(35-16-6-2-7-17-35)57-54(56-52)44-24-13-23-43-46-33-45(46)41-28-26-38(32-48(41)51(43)44)36-18-12-19-37(30-36)39-27-29-50-47(31-39)42-22-10-11-25-49(42)58(50)40-20-8-3-9-21-40/h1-33H. The Morgan fingerprint density at radius 2 is 0.828 bits per heavy atom. The van der Waals surface area contributed by atoms with Gasteiger partial charge in [0.1, 0.15) is 0 Å². The molecule has 9 aromatic carbocycles. The zero-order valence-corrected chi connectivity index (χ0v) is 31.3. The molecule has 0 aliphatic heterocycles. The van der Waals surface area contributed by atoms with Crippen molar-refractivity contribution in [1.29, 1.82) is 0 Å². The number of aromatic nitrogens is 4. The van der Waals surface area contributed by atoms with Gasteiger partial charge in [0.25, 0.3) is 0 Å². The second-order valence-electron chi connectivity index (χ2n) is 15.0. The third-order valence-corrected chi connectivity index (χ3v) is 11.6. The van der Waals surface area contributed by atoms with E-state index in [9.17, 15) is 0 Å². The van der Waals surface area contributed by atoms with Crippen LogP contribution >= 0.6 is 0 Å². The summed E-state index contributed by atoms with van der Waals surface area (Å²) in [6, 6.07) is 69.0. The van der Waals surface area contributed by atoms with Gasteiger partial charge in [0.2, 0.25) is 0 Å². The number of rotatable bonds is 6. The van der Waals surface area contributed by atoms with Gasteiger partial charge in [-0.2, -0.15) is 0 Å². The molecule has 4 nitrogen and oxygen atoms in total. The molecule has 269 valence electrons. The maximum absolute atomic E-state index is 5.15. The molecule has 4 heteroatoms. The maximum atomic E-state index is 5.15. The zero-order valence-electron chi connectivity index (χ0n) is 31.3. The van der Waals surface area contributed by atoms with Crippen molar-refractivity contribution in [2.24, 2.45) is 0 Å². The number of hydrogen-bond donors (Lipinski definition) is 0. The van der Waals surface area contributed by atoms with Crippen molar-refractivity contribution >= 4 is 43.4 Å². The highest BCUT2D eigenvalue weighted by molar-refractivity contribution is 6.21. The molecule has 12 rings (SSSR count). The average Bonchev–Trinajstić information content (AvgIpc) is 4.05. The summed E-state index contributed by atoms with van der Waals surface area (Å²) in [4.78, 5) is 15.3. The molecule has 0 saturated heterocycles. The summed E-state index contributed by atoms with van der Waals surface area (Å²) < 4.78 is 2.37. The molecule has 2 heterocycles. The van der Waals surface area contributed by atoms with Gasteiger partial charge in [0.15, 0.2) is 17.5 Å². The van der Waals surface area contributed by atoms with Crippen molar-refractivity contribution in [3.8, 4) is 62.1 Å². The van der Waals surface area contributed by atoms with Crippen molar-refractivity contribution in [2.45, 2.75) is 0 Å². The van der Waals surface area contributed by atoms with Crippen molar-refractivity contribution in [3.05, 3.63) is 212 Å². The van der Waals surface area contributed by atoms with Crippen LogP contribution in [0.15, 0.2) is 194 Å². The highest BCUT2D eigenvalue weighted by Gasteiger charge is 2.27. The molecular weight excluding hydrogens is 705 g/mol. The number of benzene rings is 9. The lowest BCUT2D eigenvalue weighted by Crippen LogP contribution is -2.00. The summed E-state index contributed by atoms with van der Waals surface area (Å²) in [6.45, 7) is 0. The second kappa shape index (κ2) is 12.9. The fourth-order valence-electron chi connectivity index (χ4n) is 8.79. The van der Waals surface area contributed by atoms with Gasteiger partial charge in [-0.05, 0) is 92.0 Å². The molecule has 0 unspecified atom stereocenters. The van der Waals surface area contributed by atoms with Crippen molar-refractivity contribution in [3.63, 3.8) is 0 Å². The third-order valence-electron chi connectivity index (χ3n) is 11.6. The van der Waals surface area contributed by atoms with Gasteiger partial charge < -0.3 is 4.57 Å². The first-order valence-corrected chi connectivity index (χ1v) is 19.7. The number of hydrogen-bond acceptors (Lipinski definition) is 3. The molecule has 1 aliphatic carbocycles. The minimum atomic E-state index is 0.657. The molecule has 0 bridgehead atoms. The van der Waals surface area contributed by atoms with Crippen LogP contribution in [0.3, 0.4) is 0 Å². The molecule has 0 spiro atoms. The van der Waals surface area contributed by atoms with E-state index in [1.807, 2.05) is 36.4 Å². The predicted octanol–water partition coefficient (Wildman–Crippen LogP) is 13.5. The van der Waals surface area contributed by atoms with Gasteiger partial charge in [0, 0.05) is 45.0 Å². The SMILES string of the molecule is [CH]1c2c1c1cccc(-c3nc(-c4ccccc4)nc(-c4ccccc4)n3)c1c1cc(-c3cccc(-c4ccc5c(c4)c4ccccc4n5-c4ccccc4)c3)ccc21. The first-order chi connectivity index (χ1) is 28.7. The second-order valence-corrected chi connectivity index (χ2v) is 15.0. The fraction of sp³-hybridized carbons (Fsp3) is 0. The van der Waals surface area contributed by atoms with E-state index in [-0.39, 0.29) is 0 Å². The molecule has 0 N–H and O–H groups in total. The van der Waals surface area contributed by atoms with Crippen LogP contribution in [-0.4, -0.2) is 19.5 Å². The fourth-order valence-corrected chi connectivity index (χ4v) is 8.79. The Morgan fingerprint density at radius 3 is 1.55 bits per heavy atom. The van der Waals surface area contributed by atoms with Crippen molar-refractivity contribution in [1.82, 2.24) is 19.5 Å². The Hall–Kier alpha value is -7.69. The highest BCUT2D eigenvalue weighted by Crippen LogP contribution is 2.48. The quantitative estimate of drug-likeness (QED) is 0.160. The van der Waals surface area contributed by atoms with Crippen molar-refractivity contribution < 1.29 is 0 Å². The predicted molar refractivity (Wildman–Crippen MR) is 239 cm³/mol.